The average molecular weight is 707 g/mol. The first-order valence-electron chi connectivity index (χ1n) is 17.6. The van der Waals surface area contributed by atoms with E-state index in [1.807, 2.05) is 78.1 Å². The molecule has 0 unspecified atom stereocenters. The van der Waals surface area contributed by atoms with E-state index in [0.717, 1.165) is 44.2 Å². The fourth-order valence-corrected chi connectivity index (χ4v) is 8.64. The van der Waals surface area contributed by atoms with Gasteiger partial charge in [0.25, 0.3) is 0 Å². The summed E-state index contributed by atoms with van der Waals surface area (Å²) < 4.78 is 9.16. The van der Waals surface area contributed by atoms with Crippen LogP contribution in [0.2, 0.25) is 0 Å². The molecule has 244 valence electrons. The molecule has 7 aromatic carbocycles. The van der Waals surface area contributed by atoms with Crippen molar-refractivity contribution in [2.24, 2.45) is 0 Å². The molecule has 0 fully saturated rings. The maximum Gasteiger partial charge on any atom is 0.167 e. The quantitative estimate of drug-likeness (QED) is 0.194. The SMILES string of the molecule is [B]c1c([B])c([B])c(-c2ccc(-c3nc(-c4ccccc4)nc(-c4cccc5c4oc4ccc(-c6cccc7c6sc6ccccc67)cc45)n3)cc2)c([B])c1[B]. The summed E-state index contributed by atoms with van der Waals surface area (Å²) in [7, 11) is 31.1. The third-order valence-electron chi connectivity index (χ3n) is 10.3. The first-order valence-corrected chi connectivity index (χ1v) is 18.5. The van der Waals surface area contributed by atoms with E-state index in [2.05, 4.69) is 66.7 Å². The lowest BCUT2D eigenvalue weighted by molar-refractivity contribution is 0.669. The number of aromatic nitrogens is 3. The van der Waals surface area contributed by atoms with Gasteiger partial charge in [0.05, 0.1) is 5.56 Å². The highest BCUT2D eigenvalue weighted by Gasteiger charge is 2.20. The van der Waals surface area contributed by atoms with Gasteiger partial charge in [0.2, 0.25) is 0 Å². The molecule has 0 atom stereocenters. The van der Waals surface area contributed by atoms with Gasteiger partial charge in [-0.1, -0.05) is 120 Å². The molecule has 4 nitrogen and oxygen atoms in total. The first-order chi connectivity index (χ1) is 26.8. The van der Waals surface area contributed by atoms with Gasteiger partial charge in [-0.3, -0.25) is 0 Å². The molecule has 10 radical (unpaired) electrons. The van der Waals surface area contributed by atoms with Crippen molar-refractivity contribution in [1.29, 1.82) is 0 Å². The molecular formula is C45H22B5N3OS. The lowest BCUT2D eigenvalue weighted by Gasteiger charge is -2.21. The van der Waals surface area contributed by atoms with Crippen LogP contribution in [0, 0.1) is 0 Å². The van der Waals surface area contributed by atoms with Crippen molar-refractivity contribution in [3.63, 3.8) is 0 Å². The van der Waals surface area contributed by atoms with E-state index in [9.17, 15) is 0 Å². The highest BCUT2D eigenvalue weighted by Crippen LogP contribution is 2.42. The van der Waals surface area contributed by atoms with Crippen LogP contribution in [0.3, 0.4) is 0 Å². The number of fused-ring (bicyclic) bond motifs is 6. The molecule has 0 saturated heterocycles. The van der Waals surface area contributed by atoms with E-state index in [4.69, 9.17) is 58.6 Å². The number of thiophene rings is 1. The van der Waals surface area contributed by atoms with Crippen LogP contribution in [0.4, 0.5) is 0 Å². The van der Waals surface area contributed by atoms with Crippen molar-refractivity contribution in [2.75, 3.05) is 0 Å². The fraction of sp³-hybridized carbons (Fsp3) is 0. The third kappa shape index (κ3) is 5.46. The number of rotatable bonds is 5. The maximum atomic E-state index is 6.62. The molecule has 0 aliphatic heterocycles. The van der Waals surface area contributed by atoms with Crippen molar-refractivity contribution in [2.45, 2.75) is 0 Å². The molecular weight excluding hydrogens is 685 g/mol. The highest BCUT2D eigenvalue weighted by molar-refractivity contribution is 7.26. The van der Waals surface area contributed by atoms with Gasteiger partial charge in [-0.15, -0.1) is 27.7 Å². The molecule has 10 aromatic rings. The number of benzene rings is 7. The molecule has 3 aromatic heterocycles. The number of para-hydroxylation sites is 1. The van der Waals surface area contributed by atoms with Crippen molar-refractivity contribution in [3.05, 3.63) is 133 Å². The molecule has 0 spiro atoms. The Bertz CT molecular complexity index is 3130. The van der Waals surface area contributed by atoms with Crippen LogP contribution in [0.1, 0.15) is 0 Å². The molecule has 3 heterocycles. The second kappa shape index (κ2) is 13.0. The Kier molecular flexibility index (Phi) is 7.93. The second-order valence-corrected chi connectivity index (χ2v) is 14.5. The molecule has 0 aliphatic rings. The Morgan fingerprint density at radius 1 is 0.418 bits per heavy atom. The zero-order chi connectivity index (χ0) is 37.4. The highest BCUT2D eigenvalue weighted by atomic mass is 32.1. The largest absolute Gasteiger partial charge is 0.455 e. The Morgan fingerprint density at radius 2 is 0.982 bits per heavy atom. The summed E-state index contributed by atoms with van der Waals surface area (Å²) in [5, 5.41) is 4.53. The third-order valence-corrected chi connectivity index (χ3v) is 11.5. The lowest BCUT2D eigenvalue weighted by atomic mass is 9.59. The van der Waals surface area contributed by atoms with Crippen LogP contribution in [-0.2, 0) is 0 Å². The monoisotopic (exact) mass is 707 g/mol. The molecule has 0 bridgehead atoms. The molecule has 0 N–H and O–H groups in total. The minimum Gasteiger partial charge on any atom is -0.455 e. The molecule has 10 rings (SSSR count). The van der Waals surface area contributed by atoms with Gasteiger partial charge in [-0.05, 0) is 46.5 Å². The summed E-state index contributed by atoms with van der Waals surface area (Å²) in [5.41, 5.74) is 8.54. The van der Waals surface area contributed by atoms with Crippen molar-refractivity contribution in [3.8, 4) is 56.4 Å². The number of nitrogens with zero attached hydrogens (tertiary/aromatic N) is 3. The Labute approximate surface area is 327 Å². The molecule has 55 heavy (non-hydrogen) atoms. The Morgan fingerprint density at radius 3 is 1.73 bits per heavy atom. The van der Waals surface area contributed by atoms with Gasteiger partial charge in [0, 0.05) is 42.1 Å². The van der Waals surface area contributed by atoms with E-state index in [0.29, 0.717) is 28.6 Å². The van der Waals surface area contributed by atoms with E-state index in [-0.39, 0.29) is 27.3 Å². The molecule has 0 saturated carbocycles. The minimum absolute atomic E-state index is 0.172. The summed E-state index contributed by atoms with van der Waals surface area (Å²) in [6.45, 7) is 0. The number of hydrogen-bond acceptors (Lipinski definition) is 5. The van der Waals surface area contributed by atoms with Gasteiger partial charge >= 0.3 is 0 Å². The Hall–Kier alpha value is -6.11. The lowest BCUT2D eigenvalue weighted by Crippen LogP contribution is -2.55. The predicted octanol–water partition coefficient (Wildman–Crippen LogP) is 6.44. The first kappa shape index (κ1) is 33.5. The summed E-state index contributed by atoms with van der Waals surface area (Å²) in [6, 6.07) is 45.0. The minimum atomic E-state index is 0.172. The summed E-state index contributed by atoms with van der Waals surface area (Å²) in [4.78, 5) is 15.0. The van der Waals surface area contributed by atoms with Crippen molar-refractivity contribution < 1.29 is 4.42 Å². The van der Waals surface area contributed by atoms with E-state index >= 15 is 0 Å². The maximum absolute atomic E-state index is 6.62. The van der Waals surface area contributed by atoms with Gasteiger partial charge in [-0.2, -0.15) is 0 Å². The Balaban J connectivity index is 1.11. The van der Waals surface area contributed by atoms with Gasteiger partial charge in [-0.25, -0.2) is 15.0 Å². The molecule has 0 amide bonds. The zero-order valence-corrected chi connectivity index (χ0v) is 30.1. The van der Waals surface area contributed by atoms with Crippen molar-refractivity contribution in [1.82, 2.24) is 15.0 Å². The second-order valence-electron chi connectivity index (χ2n) is 13.5. The van der Waals surface area contributed by atoms with Crippen LogP contribution < -0.4 is 27.3 Å². The summed E-state index contributed by atoms with van der Waals surface area (Å²) in [6.07, 6.45) is 0. The number of furan rings is 1. The topological polar surface area (TPSA) is 51.8 Å². The standard InChI is InChI=1S/C45H22B5N3OS/c46-36-35(37(47)39(49)40(50)38(36)48)23-16-18-25(19-17-23)44-51-43(24-8-2-1-3-9-24)52-45(53-44)31-14-7-12-29-32-22-26(20-21-33(32)54-41(29)31)27-11-6-13-30-28-10-4-5-15-34(28)55-42(27)30/h1-22H. The van der Waals surface area contributed by atoms with E-state index in [1.54, 1.807) is 0 Å². The fourth-order valence-electron chi connectivity index (χ4n) is 7.41. The smallest absolute Gasteiger partial charge is 0.167 e. The normalized spacial score (nSPS) is 11.6. The van der Waals surface area contributed by atoms with Crippen LogP contribution in [-0.4, -0.2) is 54.2 Å². The summed E-state index contributed by atoms with van der Waals surface area (Å²) >= 11 is 1.82. The van der Waals surface area contributed by atoms with Gasteiger partial charge in [0.1, 0.15) is 50.4 Å². The summed E-state index contributed by atoms with van der Waals surface area (Å²) in [5.74, 6) is 1.50. The van der Waals surface area contributed by atoms with Crippen LogP contribution in [0.25, 0.3) is 98.5 Å². The van der Waals surface area contributed by atoms with Crippen LogP contribution in [0.5, 0.6) is 0 Å². The number of hydrogen-bond donors (Lipinski definition) is 0. The van der Waals surface area contributed by atoms with Crippen LogP contribution >= 0.6 is 11.3 Å². The van der Waals surface area contributed by atoms with Gasteiger partial charge in [0.15, 0.2) is 17.5 Å². The average Bonchev–Trinajstić information content (AvgIpc) is 3.81. The molecule has 0 aliphatic carbocycles. The van der Waals surface area contributed by atoms with E-state index in [1.165, 1.54) is 25.7 Å². The van der Waals surface area contributed by atoms with Crippen molar-refractivity contribution >= 4 is 120 Å². The zero-order valence-electron chi connectivity index (χ0n) is 29.2. The predicted molar refractivity (Wildman–Crippen MR) is 234 cm³/mol. The van der Waals surface area contributed by atoms with Gasteiger partial charge < -0.3 is 4.42 Å². The molecule has 10 heteroatoms. The van der Waals surface area contributed by atoms with E-state index < -0.39 is 0 Å². The van der Waals surface area contributed by atoms with Crippen LogP contribution in [0.15, 0.2) is 138 Å².